The van der Waals surface area contributed by atoms with Gasteiger partial charge in [-0.15, -0.1) is 11.3 Å². The first-order valence-corrected chi connectivity index (χ1v) is 20.6. The van der Waals surface area contributed by atoms with Gasteiger partial charge in [0.1, 0.15) is 33.8 Å². The van der Waals surface area contributed by atoms with Gasteiger partial charge in [-0.1, -0.05) is 26.0 Å². The van der Waals surface area contributed by atoms with E-state index < -0.39 is 50.6 Å². The van der Waals surface area contributed by atoms with Gasteiger partial charge in [-0.2, -0.15) is 0 Å². The van der Waals surface area contributed by atoms with Gasteiger partial charge in [-0.3, -0.25) is 19.1 Å². The minimum Gasteiger partial charge on any atom is -0.496 e. The van der Waals surface area contributed by atoms with E-state index in [0.717, 1.165) is 40.9 Å². The first kappa shape index (κ1) is 36.3. The lowest BCUT2D eigenvalue weighted by atomic mass is 9.93. The molecule has 3 aromatic rings. The van der Waals surface area contributed by atoms with E-state index in [1.165, 1.54) is 11.3 Å². The maximum Gasteiger partial charge on any atom is 0.259 e. The van der Waals surface area contributed by atoms with Gasteiger partial charge in [0, 0.05) is 41.9 Å². The number of methoxy groups -OCH3 is 1. The highest BCUT2D eigenvalue weighted by molar-refractivity contribution is 7.91. The predicted molar refractivity (Wildman–Crippen MR) is 199 cm³/mol. The van der Waals surface area contributed by atoms with Crippen LogP contribution in [0.3, 0.4) is 0 Å². The third-order valence-corrected chi connectivity index (χ3v) is 13.7. The third-order valence-electron chi connectivity index (χ3n) is 11.0. The summed E-state index contributed by atoms with van der Waals surface area (Å²) in [6, 6.07) is 5.66. The number of carbonyl (C=O) groups excluding carboxylic acids is 3. The van der Waals surface area contributed by atoms with Crippen LogP contribution in [-0.2, 0) is 24.4 Å². The molecule has 0 spiro atoms. The molecule has 3 fully saturated rings. The van der Waals surface area contributed by atoms with Gasteiger partial charge < -0.3 is 19.7 Å². The molecule has 5 atom stereocenters. The van der Waals surface area contributed by atoms with Crippen LogP contribution < -0.4 is 19.5 Å². The van der Waals surface area contributed by atoms with Crippen molar-refractivity contribution in [1.82, 2.24) is 24.9 Å². The van der Waals surface area contributed by atoms with Crippen molar-refractivity contribution in [2.75, 3.05) is 20.7 Å². The van der Waals surface area contributed by atoms with Gasteiger partial charge in [0.25, 0.3) is 5.91 Å². The van der Waals surface area contributed by atoms with E-state index in [0.29, 0.717) is 48.5 Å². The molecule has 3 aliphatic carbocycles. The molecule has 0 bridgehead atoms. The average molecular weight is 750 g/mol. The smallest absolute Gasteiger partial charge is 0.259 e. The average Bonchev–Trinajstić information content (AvgIpc) is 3.98. The van der Waals surface area contributed by atoms with Gasteiger partial charge in [0.2, 0.25) is 21.8 Å². The summed E-state index contributed by atoms with van der Waals surface area (Å²) in [6.07, 6.45) is 7.61. The number of nitrogens with zero attached hydrogens (tertiary/aromatic N) is 3. The summed E-state index contributed by atoms with van der Waals surface area (Å²) in [5.41, 5.74) is 1.79. The zero-order valence-corrected chi connectivity index (χ0v) is 31.9. The fourth-order valence-electron chi connectivity index (χ4n) is 7.55. The van der Waals surface area contributed by atoms with Crippen molar-refractivity contribution in [2.24, 2.45) is 17.8 Å². The summed E-state index contributed by atoms with van der Waals surface area (Å²) in [5.74, 6) is -1.63. The topological polar surface area (TPSA) is 157 Å². The predicted octanol–water partition coefficient (Wildman–Crippen LogP) is 5.25. The summed E-state index contributed by atoms with van der Waals surface area (Å²) in [5, 5.41) is 5.95. The van der Waals surface area contributed by atoms with Crippen LogP contribution in [0.15, 0.2) is 35.7 Å². The molecule has 3 saturated carbocycles. The number of hydrogen-bond acceptors (Lipinski definition) is 10. The molecule has 1 unspecified atom stereocenters. The second-order valence-corrected chi connectivity index (χ2v) is 17.9. The summed E-state index contributed by atoms with van der Waals surface area (Å²) in [4.78, 5) is 53.5. The molecule has 14 heteroatoms. The highest BCUT2D eigenvalue weighted by atomic mass is 32.2. The van der Waals surface area contributed by atoms with Gasteiger partial charge in [0.15, 0.2) is 0 Å². The molecular formula is C38H47N5O7S2. The minimum absolute atomic E-state index is 0.147. The molecule has 12 nitrogen and oxygen atoms in total. The van der Waals surface area contributed by atoms with Crippen LogP contribution in [0.5, 0.6) is 11.5 Å². The van der Waals surface area contributed by atoms with Crippen LogP contribution in [0.4, 0.5) is 0 Å². The molecule has 3 heterocycles. The molecular weight excluding hydrogens is 703 g/mol. The van der Waals surface area contributed by atoms with Gasteiger partial charge >= 0.3 is 0 Å². The summed E-state index contributed by atoms with van der Waals surface area (Å²) in [6.45, 7) is 6.69. The van der Waals surface area contributed by atoms with Crippen molar-refractivity contribution in [3.8, 4) is 22.2 Å². The number of allylic oxidation sites excluding steroid dienone is 1. The lowest BCUT2D eigenvalue weighted by Crippen LogP contribution is -2.54. The van der Waals surface area contributed by atoms with E-state index in [2.05, 4.69) is 23.9 Å². The Balaban J connectivity index is 1.21. The number of benzene rings is 1. The molecule has 278 valence electrons. The summed E-state index contributed by atoms with van der Waals surface area (Å²) >= 11 is 1.51. The van der Waals surface area contributed by atoms with Crippen LogP contribution in [0.25, 0.3) is 21.6 Å². The zero-order chi connectivity index (χ0) is 36.9. The van der Waals surface area contributed by atoms with Crippen LogP contribution in [0.2, 0.25) is 0 Å². The number of thiazole rings is 1. The first-order chi connectivity index (χ1) is 24.8. The number of sulfonamides is 1. The van der Waals surface area contributed by atoms with Gasteiger partial charge in [0.05, 0.1) is 35.4 Å². The Bertz CT molecular complexity index is 2040. The summed E-state index contributed by atoms with van der Waals surface area (Å²) in [7, 11) is -0.445. The second kappa shape index (κ2) is 14.1. The zero-order valence-electron chi connectivity index (χ0n) is 30.3. The fourth-order valence-corrected chi connectivity index (χ4v) is 9.85. The number of carbonyl (C=O) groups is 3. The number of nitrogens with one attached hydrogen (secondary N) is 2. The summed E-state index contributed by atoms with van der Waals surface area (Å²) < 4.78 is 40.2. The van der Waals surface area contributed by atoms with Crippen LogP contribution in [0.1, 0.15) is 82.4 Å². The third kappa shape index (κ3) is 7.03. The molecule has 1 aliphatic heterocycles. The van der Waals surface area contributed by atoms with E-state index in [1.807, 2.05) is 42.7 Å². The number of hydrogen-bond donors (Lipinski definition) is 2. The Morgan fingerprint density at radius 2 is 1.88 bits per heavy atom. The monoisotopic (exact) mass is 749 g/mol. The Kier molecular flexibility index (Phi) is 9.83. The van der Waals surface area contributed by atoms with Crippen LogP contribution >= 0.6 is 11.3 Å². The van der Waals surface area contributed by atoms with Crippen molar-refractivity contribution >= 4 is 50.0 Å². The maximum atomic E-state index is 14.3. The van der Waals surface area contributed by atoms with Crippen molar-refractivity contribution in [3.63, 3.8) is 0 Å². The Labute approximate surface area is 308 Å². The molecule has 0 radical (unpaired) electrons. The van der Waals surface area contributed by atoms with Crippen LogP contribution in [-0.4, -0.2) is 78.6 Å². The number of aryl methyl sites for hydroxylation is 1. The van der Waals surface area contributed by atoms with E-state index in [9.17, 15) is 22.8 Å². The molecule has 0 saturated heterocycles. The SMILES string of the molecule is COc1ccc2c(OC3C[C@@H]4C(=O)N[C@]5(C(=O)NS(=O)(=O)C6CC6)C[C@@H]5C=CCCCCN(C)C(=O)[C@H]4C3)cc(-c3nc(C(C)C)cs3)nc2c1C. The number of aromatic nitrogens is 2. The minimum atomic E-state index is -3.83. The Morgan fingerprint density at radius 3 is 2.60 bits per heavy atom. The van der Waals surface area contributed by atoms with Gasteiger partial charge in [-0.05, 0) is 76.3 Å². The Hall–Kier alpha value is -4.04. The number of amides is 3. The Morgan fingerprint density at radius 1 is 1.12 bits per heavy atom. The standard InChI is InChI=1S/C38H47N5O7S2/c1-21(2)30-20-51-35(40-30)29-18-32(26-13-14-31(49-5)22(3)33(26)39-29)50-24-16-27-28(17-24)36(45)43(4)15-9-7-6-8-10-23-19-38(23,41-34(27)44)37(46)42-52(47,48)25-11-12-25/h8,10,13-14,18,20-21,23-25,27-28H,6-7,9,11-12,15-17,19H2,1-5H3,(H,41,44)(H,42,46)/t23-,24?,27-,28-,38+/m0/s1. The van der Waals surface area contributed by atoms with Crippen molar-refractivity contribution in [3.05, 3.63) is 47.0 Å². The second-order valence-electron chi connectivity index (χ2n) is 15.1. The van der Waals surface area contributed by atoms with Gasteiger partial charge in [-0.25, -0.2) is 18.4 Å². The normalized spacial score (nSPS) is 26.8. The molecule has 2 N–H and O–H groups in total. The first-order valence-electron chi connectivity index (χ1n) is 18.2. The van der Waals surface area contributed by atoms with Crippen molar-refractivity contribution in [2.45, 2.75) is 94.9 Å². The molecule has 52 heavy (non-hydrogen) atoms. The highest BCUT2D eigenvalue weighted by Gasteiger charge is 2.62. The van der Waals surface area contributed by atoms with Crippen molar-refractivity contribution in [1.29, 1.82) is 0 Å². The fraction of sp³-hybridized carbons (Fsp3) is 0.553. The molecule has 2 aromatic heterocycles. The number of rotatable bonds is 8. The lowest BCUT2D eigenvalue weighted by Gasteiger charge is -2.26. The van der Waals surface area contributed by atoms with E-state index in [-0.39, 0.29) is 30.6 Å². The van der Waals surface area contributed by atoms with E-state index in [4.69, 9.17) is 19.4 Å². The maximum absolute atomic E-state index is 14.3. The van der Waals surface area contributed by atoms with E-state index >= 15 is 0 Å². The molecule has 4 aliphatic rings. The highest BCUT2D eigenvalue weighted by Crippen LogP contribution is 2.47. The number of fused-ring (bicyclic) bond motifs is 3. The van der Waals surface area contributed by atoms with Crippen LogP contribution in [0, 0.1) is 24.7 Å². The largest absolute Gasteiger partial charge is 0.496 e. The molecule has 3 amide bonds. The number of ether oxygens (including phenoxy) is 2. The lowest BCUT2D eigenvalue weighted by molar-refractivity contribution is -0.140. The molecule has 1 aromatic carbocycles. The van der Waals surface area contributed by atoms with E-state index in [1.54, 1.807) is 19.1 Å². The van der Waals surface area contributed by atoms with Crippen molar-refractivity contribution < 1.29 is 32.3 Å². The molecule has 7 rings (SSSR count). The number of pyridine rings is 1. The quantitative estimate of drug-likeness (QED) is 0.294.